The summed E-state index contributed by atoms with van der Waals surface area (Å²) >= 11 is 0. The molecule has 2 rings (SSSR count). The Hall–Kier alpha value is -4.09. The maximum Gasteiger partial charge on any atom is 0.373 e. The molecule has 1 aliphatic rings. The molecule has 0 amide bonds. The fourth-order valence-electron chi connectivity index (χ4n) is 3.85. The van der Waals surface area contributed by atoms with E-state index in [9.17, 15) is 49.4 Å². The van der Waals surface area contributed by atoms with Crippen LogP contribution in [-0.2, 0) is 24.0 Å². The lowest BCUT2D eigenvalue weighted by molar-refractivity contribution is -0.384. The van der Waals surface area contributed by atoms with E-state index < -0.39 is 63.0 Å². The Bertz CT molecular complexity index is 1000. The number of hydrogen-bond acceptors (Lipinski definition) is 8. The number of ketones is 2. The molecule has 2 unspecified atom stereocenters. The van der Waals surface area contributed by atoms with Crippen LogP contribution in [0.1, 0.15) is 25.3 Å². The summed E-state index contributed by atoms with van der Waals surface area (Å²) < 4.78 is 0. The number of nitrogens with one attached hydrogen (secondary N) is 1. The highest BCUT2D eigenvalue weighted by atomic mass is 16.6. The van der Waals surface area contributed by atoms with Gasteiger partial charge in [-0.2, -0.15) is 0 Å². The Morgan fingerprint density at radius 1 is 1.07 bits per heavy atom. The van der Waals surface area contributed by atoms with Gasteiger partial charge < -0.3 is 20.6 Å². The van der Waals surface area contributed by atoms with Gasteiger partial charge in [0.2, 0.25) is 0 Å². The van der Waals surface area contributed by atoms with E-state index in [1.54, 1.807) is 0 Å². The maximum absolute atomic E-state index is 12.8. The summed E-state index contributed by atoms with van der Waals surface area (Å²) in [7, 11) is 0. The third-order valence-electron chi connectivity index (χ3n) is 5.05. The highest BCUT2D eigenvalue weighted by Crippen LogP contribution is 2.50. The zero-order chi connectivity index (χ0) is 23.0. The molecule has 0 bridgehead atoms. The largest absolute Gasteiger partial charge is 0.478 e. The number of hydrogen-bond donors (Lipinski definition) is 4. The van der Waals surface area contributed by atoms with Gasteiger partial charge in [-0.25, -0.2) is 14.4 Å². The molecule has 158 valence electrons. The fourth-order valence-corrected chi connectivity index (χ4v) is 3.85. The van der Waals surface area contributed by atoms with Crippen LogP contribution < -0.4 is 5.32 Å². The predicted molar refractivity (Wildman–Crippen MR) is 96.5 cm³/mol. The topological polar surface area (TPSA) is 201 Å². The molecule has 0 radical (unpaired) electrons. The van der Waals surface area contributed by atoms with Gasteiger partial charge in [-0.3, -0.25) is 19.7 Å². The van der Waals surface area contributed by atoms with Crippen LogP contribution in [0.3, 0.4) is 0 Å². The van der Waals surface area contributed by atoms with Crippen molar-refractivity contribution in [2.24, 2.45) is 5.41 Å². The van der Waals surface area contributed by atoms with Crippen LogP contribution in [-0.4, -0.2) is 55.8 Å². The number of carboxylic acid groups (broad SMARTS) is 3. The number of carbonyl (C=O) groups is 5. The molecule has 2 atom stereocenters. The number of Topliss-reactive ketones (excluding diaryl/α,β-unsaturated/α-hetero) is 2. The molecule has 30 heavy (non-hydrogen) atoms. The monoisotopic (exact) mass is 420 g/mol. The third kappa shape index (κ3) is 3.27. The number of allylic oxidation sites excluding steroid dienone is 1. The van der Waals surface area contributed by atoms with Crippen LogP contribution in [0.4, 0.5) is 5.69 Å². The number of aliphatic carboxylic acids is 3. The van der Waals surface area contributed by atoms with Crippen molar-refractivity contribution in [3.8, 4) is 0 Å². The molecule has 1 aromatic carbocycles. The van der Waals surface area contributed by atoms with E-state index in [0.29, 0.717) is 0 Å². The lowest BCUT2D eigenvalue weighted by atomic mass is 9.58. The molecule has 0 aromatic heterocycles. The van der Waals surface area contributed by atoms with Crippen LogP contribution in [0.5, 0.6) is 0 Å². The van der Waals surface area contributed by atoms with Crippen LogP contribution in [0.25, 0.3) is 0 Å². The number of benzene rings is 1. The lowest BCUT2D eigenvalue weighted by Gasteiger charge is -2.45. The molecule has 12 nitrogen and oxygen atoms in total. The standard InChI is InChI=1S/C18H16N2O10/c1-7-11(15(23)24)12(9-4-3-5-10(6-9)20(29)30)18(8(2)19-7,13(21)16(25)26)14(22)17(27)28/h3-6,8,12,19H,1-2H3,(H,23,24)(H,25,26)(H,27,28). The van der Waals surface area contributed by atoms with Gasteiger partial charge in [-0.05, 0) is 19.4 Å². The Labute approximate surface area is 168 Å². The molecule has 1 aromatic rings. The number of carbonyl (C=O) groups excluding carboxylic acids is 2. The van der Waals surface area contributed by atoms with Gasteiger partial charge in [0, 0.05) is 29.8 Å². The summed E-state index contributed by atoms with van der Waals surface area (Å²) in [5, 5.41) is 42.1. The number of nitro groups is 1. The van der Waals surface area contributed by atoms with Gasteiger partial charge in [0.25, 0.3) is 17.3 Å². The number of carboxylic acids is 3. The summed E-state index contributed by atoms with van der Waals surface area (Å²) in [6, 6.07) is 2.78. The normalized spacial score (nSPS) is 20.1. The number of rotatable bonds is 7. The second-order valence-electron chi connectivity index (χ2n) is 6.63. The average molecular weight is 420 g/mol. The third-order valence-corrected chi connectivity index (χ3v) is 5.05. The van der Waals surface area contributed by atoms with E-state index in [4.69, 9.17) is 0 Å². The molecule has 0 saturated heterocycles. The SMILES string of the molecule is CC1=C(C(=O)O)C(c2cccc([N+](=O)[O-])c2)C(C(=O)C(=O)O)(C(=O)C(=O)O)C(C)N1. The van der Waals surface area contributed by atoms with Gasteiger partial charge >= 0.3 is 17.9 Å². The zero-order valence-corrected chi connectivity index (χ0v) is 15.6. The second kappa shape index (κ2) is 7.73. The van der Waals surface area contributed by atoms with E-state index in [2.05, 4.69) is 5.32 Å². The minimum absolute atomic E-state index is 0.0569. The Morgan fingerprint density at radius 2 is 1.60 bits per heavy atom. The van der Waals surface area contributed by atoms with Crippen LogP contribution in [0.15, 0.2) is 35.5 Å². The van der Waals surface area contributed by atoms with Crippen molar-refractivity contribution in [3.63, 3.8) is 0 Å². The highest BCUT2D eigenvalue weighted by Gasteiger charge is 2.64. The van der Waals surface area contributed by atoms with E-state index >= 15 is 0 Å². The first-order chi connectivity index (χ1) is 13.9. The van der Waals surface area contributed by atoms with E-state index in [1.807, 2.05) is 0 Å². The number of nitro benzene ring substituents is 1. The molecule has 1 aliphatic heterocycles. The van der Waals surface area contributed by atoms with E-state index in [0.717, 1.165) is 31.2 Å². The second-order valence-corrected chi connectivity index (χ2v) is 6.63. The van der Waals surface area contributed by atoms with Crippen molar-refractivity contribution in [1.82, 2.24) is 5.32 Å². The molecule has 0 aliphatic carbocycles. The molecule has 12 heteroatoms. The summed E-state index contributed by atoms with van der Waals surface area (Å²) in [6.45, 7) is 2.44. The first kappa shape index (κ1) is 22.2. The molecular weight excluding hydrogens is 404 g/mol. The average Bonchev–Trinajstić information content (AvgIpc) is 2.66. The maximum atomic E-state index is 12.8. The molecule has 0 saturated carbocycles. The smallest absolute Gasteiger partial charge is 0.373 e. The number of non-ortho nitro benzene ring substituents is 1. The van der Waals surface area contributed by atoms with Gasteiger partial charge in [-0.1, -0.05) is 12.1 Å². The summed E-state index contributed by atoms with van der Waals surface area (Å²) in [4.78, 5) is 71.1. The first-order valence-electron chi connectivity index (χ1n) is 8.37. The van der Waals surface area contributed by atoms with Gasteiger partial charge in [0.05, 0.1) is 10.5 Å². The Kier molecular flexibility index (Phi) is 5.72. The molecule has 0 spiro atoms. The van der Waals surface area contributed by atoms with Crippen molar-refractivity contribution in [2.75, 3.05) is 0 Å². The Morgan fingerprint density at radius 3 is 2.03 bits per heavy atom. The minimum atomic E-state index is -2.92. The van der Waals surface area contributed by atoms with Crippen molar-refractivity contribution in [2.45, 2.75) is 25.8 Å². The number of nitrogens with zero attached hydrogens (tertiary/aromatic N) is 1. The van der Waals surface area contributed by atoms with Crippen molar-refractivity contribution in [3.05, 3.63) is 51.2 Å². The fraction of sp³-hybridized carbons (Fsp3) is 0.278. The van der Waals surface area contributed by atoms with E-state index in [-0.39, 0.29) is 11.3 Å². The van der Waals surface area contributed by atoms with Crippen LogP contribution in [0, 0.1) is 15.5 Å². The highest BCUT2D eigenvalue weighted by molar-refractivity contribution is 6.49. The first-order valence-corrected chi connectivity index (χ1v) is 8.37. The van der Waals surface area contributed by atoms with E-state index in [1.165, 1.54) is 6.92 Å². The predicted octanol–water partition coefficient (Wildman–Crippen LogP) is 0.323. The summed E-state index contributed by atoms with van der Waals surface area (Å²) in [5.41, 5.74) is -4.42. The van der Waals surface area contributed by atoms with Gasteiger partial charge in [-0.15, -0.1) is 0 Å². The minimum Gasteiger partial charge on any atom is -0.478 e. The van der Waals surface area contributed by atoms with Crippen molar-refractivity contribution in [1.29, 1.82) is 0 Å². The van der Waals surface area contributed by atoms with Crippen molar-refractivity contribution < 1.29 is 44.2 Å². The summed E-state index contributed by atoms with van der Waals surface area (Å²) in [5.74, 6) is -11.6. The van der Waals surface area contributed by atoms with Gasteiger partial charge in [0.1, 0.15) is 5.41 Å². The molecule has 4 N–H and O–H groups in total. The molecule has 1 heterocycles. The lowest BCUT2D eigenvalue weighted by Crippen LogP contribution is -2.63. The van der Waals surface area contributed by atoms with Crippen molar-refractivity contribution >= 4 is 35.2 Å². The zero-order valence-electron chi connectivity index (χ0n) is 15.6. The van der Waals surface area contributed by atoms with Crippen LogP contribution >= 0.6 is 0 Å². The molecular formula is C18H16N2O10. The Balaban J connectivity index is 3.04. The summed E-state index contributed by atoms with van der Waals surface area (Å²) in [6.07, 6.45) is 0. The molecule has 0 fully saturated rings. The van der Waals surface area contributed by atoms with Crippen LogP contribution in [0.2, 0.25) is 0 Å². The van der Waals surface area contributed by atoms with Gasteiger partial charge in [0.15, 0.2) is 0 Å². The quantitative estimate of drug-likeness (QED) is 0.205.